The van der Waals surface area contributed by atoms with Crippen molar-refractivity contribution in [1.29, 1.82) is 0 Å². The van der Waals surface area contributed by atoms with E-state index in [0.717, 1.165) is 12.1 Å². The Labute approximate surface area is 112 Å². The Bertz CT molecular complexity index is 648. The van der Waals surface area contributed by atoms with E-state index >= 15 is 0 Å². The van der Waals surface area contributed by atoms with Gasteiger partial charge in [0.25, 0.3) is 0 Å². The van der Waals surface area contributed by atoms with Crippen molar-refractivity contribution in [2.45, 2.75) is 0 Å². The Morgan fingerprint density at radius 2 is 1.95 bits per heavy atom. The molecule has 0 atom stereocenters. The predicted octanol–water partition coefficient (Wildman–Crippen LogP) is 3.89. The van der Waals surface area contributed by atoms with E-state index in [0.29, 0.717) is 0 Å². The van der Waals surface area contributed by atoms with Crippen LogP contribution in [-0.4, -0.2) is 10.0 Å². The number of phenolic OH excluding ortho intramolecular Hbond substituents is 1. The fourth-order valence-corrected chi connectivity index (χ4v) is 1.56. The zero-order valence-electron chi connectivity index (χ0n) is 9.34. The van der Waals surface area contributed by atoms with Gasteiger partial charge in [0.15, 0.2) is 11.5 Å². The van der Waals surface area contributed by atoms with Gasteiger partial charge < -0.3 is 9.84 Å². The molecule has 0 radical (unpaired) electrons. The second kappa shape index (κ2) is 5.11. The minimum atomic E-state index is -0.849. The summed E-state index contributed by atoms with van der Waals surface area (Å²) in [6, 6.07) is 7.50. The Kier molecular flexibility index (Phi) is 3.52. The number of nitro benzene ring substituents is 1. The smallest absolute Gasteiger partial charge is 0.313 e. The molecule has 98 valence electrons. The van der Waals surface area contributed by atoms with Crippen LogP contribution in [0.3, 0.4) is 0 Å². The third kappa shape index (κ3) is 2.74. The third-order valence-corrected chi connectivity index (χ3v) is 2.57. The Balaban J connectivity index is 2.48. The minimum Gasteiger partial charge on any atom is -0.504 e. The van der Waals surface area contributed by atoms with Crippen molar-refractivity contribution in [3.63, 3.8) is 0 Å². The molecule has 2 aromatic rings. The maximum Gasteiger partial charge on any atom is 0.313 e. The van der Waals surface area contributed by atoms with E-state index in [1.165, 1.54) is 12.1 Å². The van der Waals surface area contributed by atoms with E-state index in [4.69, 9.17) is 16.3 Å². The van der Waals surface area contributed by atoms with Gasteiger partial charge in [-0.3, -0.25) is 10.1 Å². The van der Waals surface area contributed by atoms with E-state index in [9.17, 15) is 19.6 Å². The quantitative estimate of drug-likeness (QED) is 0.685. The number of para-hydroxylation sites is 2. The standard InChI is InChI=1S/C12H7ClFNO4/c13-7-5-9(15(17)18)12(6-8(7)14)19-11-4-2-1-3-10(11)16/h1-6,16H. The molecule has 7 heteroatoms. The van der Waals surface area contributed by atoms with Crippen LogP contribution in [0.5, 0.6) is 17.2 Å². The van der Waals surface area contributed by atoms with E-state index in [1.54, 1.807) is 12.1 Å². The highest BCUT2D eigenvalue weighted by molar-refractivity contribution is 6.31. The molecule has 0 unspecified atom stereocenters. The van der Waals surface area contributed by atoms with Crippen molar-refractivity contribution >= 4 is 17.3 Å². The van der Waals surface area contributed by atoms with Gasteiger partial charge in [-0.05, 0) is 12.1 Å². The molecule has 1 N–H and O–H groups in total. The lowest BCUT2D eigenvalue weighted by Crippen LogP contribution is -1.95. The number of hydrogen-bond acceptors (Lipinski definition) is 4. The first-order chi connectivity index (χ1) is 8.99. The molecule has 0 aliphatic rings. The molecule has 0 fully saturated rings. The summed E-state index contributed by atoms with van der Waals surface area (Å²) >= 11 is 5.48. The monoisotopic (exact) mass is 283 g/mol. The molecular formula is C12H7ClFNO4. The van der Waals surface area contributed by atoms with Crippen LogP contribution in [0.1, 0.15) is 0 Å². The first-order valence-corrected chi connectivity index (χ1v) is 5.46. The average Bonchev–Trinajstić information content (AvgIpc) is 2.36. The highest BCUT2D eigenvalue weighted by atomic mass is 35.5. The summed E-state index contributed by atoms with van der Waals surface area (Å²) in [5.74, 6) is -1.43. The molecule has 0 spiro atoms. The number of benzene rings is 2. The molecule has 0 aliphatic carbocycles. The van der Waals surface area contributed by atoms with Gasteiger partial charge in [-0.15, -0.1) is 0 Å². The highest BCUT2D eigenvalue weighted by Crippen LogP contribution is 2.37. The Hall–Kier alpha value is -2.34. The SMILES string of the molecule is O=[N+]([O-])c1cc(Cl)c(F)cc1Oc1ccccc1O. The van der Waals surface area contributed by atoms with Gasteiger partial charge in [0, 0.05) is 12.1 Å². The Morgan fingerprint density at radius 3 is 2.58 bits per heavy atom. The maximum absolute atomic E-state index is 13.3. The maximum atomic E-state index is 13.3. The minimum absolute atomic E-state index is 0.0210. The summed E-state index contributed by atoms with van der Waals surface area (Å²) in [4.78, 5) is 10.1. The van der Waals surface area contributed by atoms with E-state index < -0.39 is 16.4 Å². The number of aromatic hydroxyl groups is 1. The summed E-state index contributed by atoms with van der Waals surface area (Å²) in [5.41, 5.74) is -0.491. The predicted molar refractivity (Wildman–Crippen MR) is 66.2 cm³/mol. The normalized spacial score (nSPS) is 10.2. The van der Waals surface area contributed by atoms with Gasteiger partial charge in [0.2, 0.25) is 5.75 Å². The second-order valence-electron chi connectivity index (χ2n) is 3.56. The zero-order chi connectivity index (χ0) is 14.0. The van der Waals surface area contributed by atoms with Crippen LogP contribution in [0.15, 0.2) is 36.4 Å². The summed E-state index contributed by atoms with van der Waals surface area (Å²) in [6.07, 6.45) is 0. The fraction of sp³-hybridized carbons (Fsp3) is 0. The van der Waals surface area contributed by atoms with Crippen LogP contribution in [-0.2, 0) is 0 Å². The van der Waals surface area contributed by atoms with Gasteiger partial charge in [0.05, 0.1) is 9.95 Å². The molecule has 0 saturated heterocycles. The van der Waals surface area contributed by atoms with E-state index in [2.05, 4.69) is 0 Å². The zero-order valence-corrected chi connectivity index (χ0v) is 10.1. The van der Waals surface area contributed by atoms with Crippen molar-refractivity contribution in [1.82, 2.24) is 0 Å². The third-order valence-electron chi connectivity index (χ3n) is 2.28. The number of nitrogens with zero attached hydrogens (tertiary/aromatic N) is 1. The number of hydrogen-bond donors (Lipinski definition) is 1. The van der Waals surface area contributed by atoms with Gasteiger partial charge in [-0.2, -0.15) is 0 Å². The van der Waals surface area contributed by atoms with E-state index in [-0.39, 0.29) is 22.3 Å². The summed E-state index contributed by atoms with van der Waals surface area (Å²) < 4.78 is 18.5. The molecule has 2 aromatic carbocycles. The largest absolute Gasteiger partial charge is 0.504 e. The molecular weight excluding hydrogens is 277 g/mol. The Morgan fingerprint density at radius 1 is 1.26 bits per heavy atom. The number of phenols is 1. The average molecular weight is 284 g/mol. The molecule has 0 saturated carbocycles. The highest BCUT2D eigenvalue weighted by Gasteiger charge is 2.20. The van der Waals surface area contributed by atoms with Gasteiger partial charge >= 0.3 is 5.69 Å². The van der Waals surface area contributed by atoms with Gasteiger partial charge in [0.1, 0.15) is 5.82 Å². The van der Waals surface area contributed by atoms with Crippen molar-refractivity contribution < 1.29 is 19.2 Å². The molecule has 2 rings (SSSR count). The molecule has 0 amide bonds. The lowest BCUT2D eigenvalue weighted by molar-refractivity contribution is -0.385. The number of rotatable bonds is 3. The fourth-order valence-electron chi connectivity index (χ4n) is 1.40. The van der Waals surface area contributed by atoms with Crippen molar-refractivity contribution in [3.8, 4) is 17.2 Å². The second-order valence-corrected chi connectivity index (χ2v) is 3.97. The number of ether oxygens (including phenoxy) is 1. The number of nitro groups is 1. The van der Waals surface area contributed by atoms with Crippen LogP contribution < -0.4 is 4.74 Å². The van der Waals surface area contributed by atoms with Crippen molar-refractivity contribution in [2.75, 3.05) is 0 Å². The first kappa shape index (κ1) is 13.1. The van der Waals surface area contributed by atoms with Crippen LogP contribution in [0.25, 0.3) is 0 Å². The van der Waals surface area contributed by atoms with Crippen LogP contribution in [0, 0.1) is 15.9 Å². The summed E-state index contributed by atoms with van der Waals surface area (Å²) in [5, 5.41) is 20.0. The first-order valence-electron chi connectivity index (χ1n) is 5.08. The summed E-state index contributed by atoms with van der Waals surface area (Å²) in [6.45, 7) is 0. The lowest BCUT2D eigenvalue weighted by atomic mass is 10.2. The van der Waals surface area contributed by atoms with E-state index in [1.807, 2.05) is 0 Å². The van der Waals surface area contributed by atoms with Crippen molar-refractivity contribution in [2.24, 2.45) is 0 Å². The summed E-state index contributed by atoms with van der Waals surface area (Å²) in [7, 11) is 0. The van der Waals surface area contributed by atoms with Crippen LogP contribution in [0.2, 0.25) is 5.02 Å². The topological polar surface area (TPSA) is 72.6 Å². The van der Waals surface area contributed by atoms with Gasteiger partial charge in [-0.1, -0.05) is 23.7 Å². The number of halogens is 2. The molecule has 0 bridgehead atoms. The van der Waals surface area contributed by atoms with Gasteiger partial charge in [-0.25, -0.2) is 4.39 Å². The molecule has 5 nitrogen and oxygen atoms in total. The van der Waals surface area contributed by atoms with Crippen LogP contribution >= 0.6 is 11.6 Å². The molecule has 0 aromatic heterocycles. The molecule has 0 aliphatic heterocycles. The lowest BCUT2D eigenvalue weighted by Gasteiger charge is -2.08. The molecule has 19 heavy (non-hydrogen) atoms. The molecule has 0 heterocycles. The van der Waals surface area contributed by atoms with Crippen molar-refractivity contribution in [3.05, 3.63) is 57.4 Å². The van der Waals surface area contributed by atoms with Crippen LogP contribution in [0.4, 0.5) is 10.1 Å².